The van der Waals surface area contributed by atoms with Gasteiger partial charge in [-0.25, -0.2) is 4.98 Å². The van der Waals surface area contributed by atoms with Crippen LogP contribution in [0.2, 0.25) is 0 Å². The van der Waals surface area contributed by atoms with E-state index >= 15 is 0 Å². The normalized spacial score (nSPS) is 10.8. The fourth-order valence-electron chi connectivity index (χ4n) is 2.00. The third kappa shape index (κ3) is 2.53. The molecule has 1 aromatic carbocycles. The summed E-state index contributed by atoms with van der Waals surface area (Å²) in [7, 11) is 0. The summed E-state index contributed by atoms with van der Waals surface area (Å²) in [5.41, 5.74) is 1.49. The van der Waals surface area contributed by atoms with Crippen molar-refractivity contribution in [2.75, 3.05) is 5.32 Å². The topological polar surface area (TPSA) is 107 Å². The molecule has 0 fully saturated rings. The van der Waals surface area contributed by atoms with E-state index in [-0.39, 0.29) is 17.6 Å². The number of hydrogen-bond donors (Lipinski definition) is 1. The first-order valence-electron chi connectivity index (χ1n) is 6.70. The van der Waals surface area contributed by atoms with Crippen molar-refractivity contribution < 1.29 is 13.6 Å². The van der Waals surface area contributed by atoms with Gasteiger partial charge in [0, 0.05) is 0 Å². The maximum Gasteiger partial charge on any atom is 0.322 e. The van der Waals surface area contributed by atoms with Crippen LogP contribution in [0.15, 0.2) is 57.7 Å². The van der Waals surface area contributed by atoms with Gasteiger partial charge in [0.1, 0.15) is 5.69 Å². The van der Waals surface area contributed by atoms with Gasteiger partial charge < -0.3 is 8.83 Å². The predicted octanol–water partition coefficient (Wildman–Crippen LogP) is 2.53. The molecular formula is C15H9N5O3. The molecule has 1 N–H and O–H groups in total. The number of carbonyl (C=O) groups is 1. The third-order valence-corrected chi connectivity index (χ3v) is 3.06. The first-order chi connectivity index (χ1) is 11.3. The smallest absolute Gasteiger partial charge is 0.322 e. The van der Waals surface area contributed by atoms with Gasteiger partial charge in [0.05, 0.1) is 23.5 Å². The minimum absolute atomic E-state index is 0.0450. The highest BCUT2D eigenvalue weighted by Gasteiger charge is 2.15. The molecule has 8 heteroatoms. The minimum atomic E-state index is -0.488. The van der Waals surface area contributed by atoms with Gasteiger partial charge in [-0.05, 0) is 24.3 Å². The number of fused-ring (bicyclic) bond motifs is 1. The van der Waals surface area contributed by atoms with Gasteiger partial charge in [-0.1, -0.05) is 17.2 Å². The summed E-state index contributed by atoms with van der Waals surface area (Å²) in [6.07, 6.45) is 2.88. The number of aromatic nitrogens is 4. The SMILES string of the molecule is O=C(Nc1nnc(-c2ccco2)o1)c1cnc2ccccc2n1. The number of furan rings is 1. The summed E-state index contributed by atoms with van der Waals surface area (Å²) in [6.45, 7) is 0. The highest BCUT2D eigenvalue weighted by molar-refractivity contribution is 6.02. The molecule has 4 rings (SSSR count). The van der Waals surface area contributed by atoms with Crippen LogP contribution in [0.4, 0.5) is 6.01 Å². The number of para-hydroxylation sites is 2. The largest absolute Gasteiger partial charge is 0.459 e. The van der Waals surface area contributed by atoms with Gasteiger partial charge in [0.25, 0.3) is 11.8 Å². The second kappa shape index (κ2) is 5.34. The zero-order valence-electron chi connectivity index (χ0n) is 11.6. The molecule has 0 saturated carbocycles. The van der Waals surface area contributed by atoms with E-state index in [1.54, 1.807) is 18.2 Å². The summed E-state index contributed by atoms with van der Waals surface area (Å²) in [4.78, 5) is 20.6. The highest BCUT2D eigenvalue weighted by Crippen LogP contribution is 2.20. The molecule has 23 heavy (non-hydrogen) atoms. The van der Waals surface area contributed by atoms with Gasteiger partial charge >= 0.3 is 6.01 Å². The lowest BCUT2D eigenvalue weighted by molar-refractivity contribution is 0.101. The Morgan fingerprint density at radius 1 is 1.04 bits per heavy atom. The lowest BCUT2D eigenvalue weighted by Crippen LogP contribution is -2.14. The van der Waals surface area contributed by atoms with Crippen molar-refractivity contribution in [1.29, 1.82) is 0 Å². The fraction of sp³-hybridized carbons (Fsp3) is 0. The Kier molecular flexibility index (Phi) is 3.05. The van der Waals surface area contributed by atoms with Crippen molar-refractivity contribution in [3.8, 4) is 11.7 Å². The summed E-state index contributed by atoms with van der Waals surface area (Å²) < 4.78 is 10.5. The maximum absolute atomic E-state index is 12.2. The van der Waals surface area contributed by atoms with Crippen LogP contribution in [0.5, 0.6) is 0 Å². The summed E-state index contributed by atoms with van der Waals surface area (Å²) in [5, 5.41) is 10.0. The van der Waals surface area contributed by atoms with Crippen molar-refractivity contribution >= 4 is 23.0 Å². The average Bonchev–Trinajstić information content (AvgIpc) is 3.25. The van der Waals surface area contributed by atoms with Crippen LogP contribution < -0.4 is 5.32 Å². The maximum atomic E-state index is 12.2. The molecule has 0 saturated heterocycles. The van der Waals surface area contributed by atoms with Gasteiger partial charge in [-0.15, -0.1) is 5.10 Å². The van der Waals surface area contributed by atoms with Crippen LogP contribution in [0.25, 0.3) is 22.7 Å². The molecule has 3 aromatic heterocycles. The van der Waals surface area contributed by atoms with E-state index in [0.717, 1.165) is 0 Å². The number of carbonyl (C=O) groups excluding carboxylic acids is 1. The molecule has 0 aliphatic heterocycles. The van der Waals surface area contributed by atoms with Gasteiger partial charge in [-0.2, -0.15) is 0 Å². The molecule has 0 radical (unpaired) electrons. The molecular weight excluding hydrogens is 298 g/mol. The van der Waals surface area contributed by atoms with Crippen LogP contribution in [-0.4, -0.2) is 26.1 Å². The second-order valence-electron chi connectivity index (χ2n) is 4.59. The Morgan fingerprint density at radius 3 is 2.74 bits per heavy atom. The van der Waals surface area contributed by atoms with Crippen molar-refractivity contribution in [3.63, 3.8) is 0 Å². The predicted molar refractivity (Wildman–Crippen MR) is 79.5 cm³/mol. The zero-order chi connectivity index (χ0) is 15.6. The Balaban J connectivity index is 1.57. The van der Waals surface area contributed by atoms with Crippen LogP contribution >= 0.6 is 0 Å². The molecule has 0 aliphatic carbocycles. The van der Waals surface area contributed by atoms with Crippen LogP contribution in [0, 0.1) is 0 Å². The van der Waals surface area contributed by atoms with Crippen LogP contribution in [-0.2, 0) is 0 Å². The monoisotopic (exact) mass is 307 g/mol. The Morgan fingerprint density at radius 2 is 1.91 bits per heavy atom. The van der Waals surface area contributed by atoms with E-state index in [1.807, 2.05) is 18.2 Å². The molecule has 112 valence electrons. The number of hydrogen-bond acceptors (Lipinski definition) is 7. The van der Waals surface area contributed by atoms with E-state index in [9.17, 15) is 4.79 Å². The van der Waals surface area contributed by atoms with E-state index in [4.69, 9.17) is 8.83 Å². The minimum Gasteiger partial charge on any atom is -0.459 e. The Hall–Kier alpha value is -3.55. The second-order valence-corrected chi connectivity index (χ2v) is 4.59. The summed E-state index contributed by atoms with van der Waals surface area (Å²) >= 11 is 0. The average molecular weight is 307 g/mol. The summed E-state index contributed by atoms with van der Waals surface area (Å²) in [6, 6.07) is 10.6. The Bertz CT molecular complexity index is 978. The molecule has 4 aromatic rings. The molecule has 0 unspecified atom stereocenters. The number of nitrogens with zero attached hydrogens (tertiary/aromatic N) is 4. The molecule has 1 amide bonds. The van der Waals surface area contributed by atoms with Crippen LogP contribution in [0.3, 0.4) is 0 Å². The molecule has 8 nitrogen and oxygen atoms in total. The first kappa shape index (κ1) is 13.1. The summed E-state index contributed by atoms with van der Waals surface area (Å²) in [5.74, 6) is 0.108. The first-order valence-corrected chi connectivity index (χ1v) is 6.70. The van der Waals surface area contributed by atoms with E-state index < -0.39 is 5.91 Å². The highest BCUT2D eigenvalue weighted by atomic mass is 16.4. The number of nitrogens with one attached hydrogen (secondary N) is 1. The molecule has 3 heterocycles. The lowest BCUT2D eigenvalue weighted by atomic mass is 10.3. The van der Waals surface area contributed by atoms with Gasteiger partial charge in [0.15, 0.2) is 5.76 Å². The van der Waals surface area contributed by atoms with E-state index in [1.165, 1.54) is 12.5 Å². The fourth-order valence-corrected chi connectivity index (χ4v) is 2.00. The Labute approximate surface area is 129 Å². The molecule has 0 bridgehead atoms. The van der Waals surface area contributed by atoms with Crippen LogP contribution in [0.1, 0.15) is 10.5 Å². The van der Waals surface area contributed by atoms with Gasteiger partial charge in [-0.3, -0.25) is 15.1 Å². The quantitative estimate of drug-likeness (QED) is 0.619. The number of benzene rings is 1. The standard InChI is InChI=1S/C15H9N5O3/c21-13(11-8-16-9-4-1-2-5-10(9)17-11)18-15-20-19-14(23-15)12-6-3-7-22-12/h1-8H,(H,18,20,21). The van der Waals surface area contributed by atoms with Crippen molar-refractivity contribution in [2.45, 2.75) is 0 Å². The van der Waals surface area contributed by atoms with Crippen molar-refractivity contribution in [3.05, 3.63) is 54.6 Å². The van der Waals surface area contributed by atoms with Crippen molar-refractivity contribution in [1.82, 2.24) is 20.2 Å². The number of anilines is 1. The van der Waals surface area contributed by atoms with Gasteiger partial charge in [0.2, 0.25) is 0 Å². The number of amides is 1. The van der Waals surface area contributed by atoms with Crippen molar-refractivity contribution in [2.24, 2.45) is 0 Å². The molecule has 0 atom stereocenters. The third-order valence-electron chi connectivity index (χ3n) is 3.06. The van der Waals surface area contributed by atoms with E-state index in [0.29, 0.717) is 16.8 Å². The van der Waals surface area contributed by atoms with E-state index in [2.05, 4.69) is 25.5 Å². The molecule has 0 aliphatic rings. The number of rotatable bonds is 3. The zero-order valence-corrected chi connectivity index (χ0v) is 11.6. The lowest BCUT2D eigenvalue weighted by Gasteiger charge is -2.01. The molecule has 0 spiro atoms.